The highest BCUT2D eigenvalue weighted by Gasteiger charge is 2.04. The van der Waals surface area contributed by atoms with Crippen LogP contribution < -0.4 is 0 Å². The molecule has 0 N–H and O–H groups in total. The molecule has 0 unspecified atom stereocenters. The average Bonchev–Trinajstić information content (AvgIpc) is 2.56. The van der Waals surface area contributed by atoms with Crippen LogP contribution in [-0.4, -0.2) is 41.4 Å². The van der Waals surface area contributed by atoms with Crippen molar-refractivity contribution in [3.05, 3.63) is 12.4 Å². The Morgan fingerprint density at radius 3 is 3.00 bits per heavy atom. The molecule has 6 heteroatoms. The molecule has 0 saturated carbocycles. The van der Waals surface area contributed by atoms with Gasteiger partial charge in [-0.1, -0.05) is 5.21 Å². The highest BCUT2D eigenvalue weighted by molar-refractivity contribution is 5.68. The Morgan fingerprint density at radius 1 is 1.58 bits per heavy atom. The smallest absolute Gasteiger partial charge is 0.436 e. The minimum absolute atomic E-state index is 0.217. The molecule has 1 heterocycles. The van der Waals surface area contributed by atoms with E-state index in [2.05, 4.69) is 15.0 Å². The molecule has 0 aromatic carbocycles. The minimum Gasteiger partial charge on any atom is -0.445 e. The van der Waals surface area contributed by atoms with E-state index in [1.165, 1.54) is 19.5 Å². The molecule has 0 spiro atoms. The number of methoxy groups -OCH3 is 1. The van der Waals surface area contributed by atoms with Crippen molar-refractivity contribution in [2.75, 3.05) is 20.3 Å². The zero-order chi connectivity index (χ0) is 8.81. The zero-order valence-electron chi connectivity index (χ0n) is 6.64. The Labute approximate surface area is 69.1 Å². The third kappa shape index (κ3) is 2.31. The molecule has 0 amide bonds. The number of carbonyl (C=O) groups excluding carboxylic acids is 1. The second-order valence-corrected chi connectivity index (χ2v) is 1.95. The summed E-state index contributed by atoms with van der Waals surface area (Å²) in [5, 5.41) is 6.90. The monoisotopic (exact) mass is 171 g/mol. The van der Waals surface area contributed by atoms with Gasteiger partial charge in [0.05, 0.1) is 19.0 Å². The SMILES string of the molecule is COCCOC(=O)n1ccnn1. The molecular formula is C6H9N3O3. The first-order chi connectivity index (χ1) is 5.84. The Balaban J connectivity index is 2.30. The summed E-state index contributed by atoms with van der Waals surface area (Å²) in [5.74, 6) is 0. The van der Waals surface area contributed by atoms with E-state index in [4.69, 9.17) is 4.74 Å². The average molecular weight is 171 g/mol. The Morgan fingerprint density at radius 2 is 2.42 bits per heavy atom. The van der Waals surface area contributed by atoms with Crippen molar-refractivity contribution < 1.29 is 14.3 Å². The van der Waals surface area contributed by atoms with Crippen LogP contribution in [-0.2, 0) is 9.47 Å². The van der Waals surface area contributed by atoms with Crippen molar-refractivity contribution >= 4 is 6.09 Å². The highest BCUT2D eigenvalue weighted by atomic mass is 16.6. The minimum atomic E-state index is -0.551. The molecule has 1 aromatic rings. The summed E-state index contributed by atoms with van der Waals surface area (Å²) >= 11 is 0. The Kier molecular flexibility index (Phi) is 3.21. The summed E-state index contributed by atoms with van der Waals surface area (Å²) in [6.45, 7) is 0.593. The van der Waals surface area contributed by atoms with Crippen LogP contribution in [0, 0.1) is 0 Å². The molecule has 6 nitrogen and oxygen atoms in total. The summed E-state index contributed by atoms with van der Waals surface area (Å²) in [5.41, 5.74) is 0. The van der Waals surface area contributed by atoms with Gasteiger partial charge >= 0.3 is 6.09 Å². The molecule has 66 valence electrons. The number of aromatic nitrogens is 3. The van der Waals surface area contributed by atoms with Gasteiger partial charge in [0.2, 0.25) is 0 Å². The maximum absolute atomic E-state index is 11.0. The van der Waals surface area contributed by atoms with E-state index >= 15 is 0 Å². The van der Waals surface area contributed by atoms with Crippen LogP contribution in [0.5, 0.6) is 0 Å². The van der Waals surface area contributed by atoms with Crippen LogP contribution in [0.4, 0.5) is 4.79 Å². The molecular weight excluding hydrogens is 162 g/mol. The van der Waals surface area contributed by atoms with E-state index in [1.54, 1.807) is 0 Å². The van der Waals surface area contributed by atoms with Gasteiger partial charge in [-0.15, -0.1) is 5.10 Å². The lowest BCUT2D eigenvalue weighted by Gasteiger charge is -2.01. The molecule has 0 aliphatic heterocycles. The fourth-order valence-electron chi connectivity index (χ4n) is 0.584. The van der Waals surface area contributed by atoms with Gasteiger partial charge in [0, 0.05) is 7.11 Å². The molecule has 0 aliphatic rings. The molecule has 1 aromatic heterocycles. The van der Waals surface area contributed by atoms with Gasteiger partial charge in [-0.2, -0.15) is 4.68 Å². The second-order valence-electron chi connectivity index (χ2n) is 1.95. The van der Waals surface area contributed by atoms with E-state index in [0.29, 0.717) is 6.61 Å². The topological polar surface area (TPSA) is 66.2 Å². The highest BCUT2D eigenvalue weighted by Crippen LogP contribution is 1.85. The van der Waals surface area contributed by atoms with Gasteiger partial charge in [-0.25, -0.2) is 4.79 Å². The first-order valence-corrected chi connectivity index (χ1v) is 3.37. The Bertz CT molecular complexity index is 234. The van der Waals surface area contributed by atoms with Crippen molar-refractivity contribution in [1.29, 1.82) is 0 Å². The van der Waals surface area contributed by atoms with Crippen LogP contribution in [0.25, 0.3) is 0 Å². The molecule has 0 saturated heterocycles. The third-order valence-electron chi connectivity index (χ3n) is 1.12. The van der Waals surface area contributed by atoms with Crippen molar-refractivity contribution in [2.45, 2.75) is 0 Å². The maximum atomic E-state index is 11.0. The number of ether oxygens (including phenoxy) is 2. The van der Waals surface area contributed by atoms with Crippen LogP contribution >= 0.6 is 0 Å². The summed E-state index contributed by atoms with van der Waals surface area (Å²) in [6, 6.07) is 0. The van der Waals surface area contributed by atoms with Crippen molar-refractivity contribution in [3.63, 3.8) is 0 Å². The normalized spacial score (nSPS) is 9.75. The van der Waals surface area contributed by atoms with Crippen molar-refractivity contribution in [1.82, 2.24) is 15.0 Å². The van der Waals surface area contributed by atoms with Gasteiger partial charge < -0.3 is 9.47 Å². The predicted molar refractivity (Wildman–Crippen MR) is 38.6 cm³/mol. The summed E-state index contributed by atoms with van der Waals surface area (Å²) in [7, 11) is 1.53. The van der Waals surface area contributed by atoms with E-state index in [0.717, 1.165) is 4.68 Å². The molecule has 0 aliphatic carbocycles. The lowest BCUT2D eigenvalue weighted by Crippen LogP contribution is -2.16. The summed E-state index contributed by atoms with van der Waals surface area (Å²) in [4.78, 5) is 11.0. The van der Waals surface area contributed by atoms with Gasteiger partial charge in [0.15, 0.2) is 0 Å². The van der Waals surface area contributed by atoms with Gasteiger partial charge in [0.25, 0.3) is 0 Å². The van der Waals surface area contributed by atoms with E-state index in [1.807, 2.05) is 0 Å². The van der Waals surface area contributed by atoms with Gasteiger partial charge in [0.1, 0.15) is 6.61 Å². The number of hydrogen-bond acceptors (Lipinski definition) is 5. The molecule has 0 radical (unpaired) electrons. The second kappa shape index (κ2) is 4.45. The number of carbonyl (C=O) groups is 1. The summed E-state index contributed by atoms with van der Waals surface area (Å²) < 4.78 is 10.4. The number of hydrogen-bond donors (Lipinski definition) is 0. The largest absolute Gasteiger partial charge is 0.445 e. The van der Waals surface area contributed by atoms with E-state index in [9.17, 15) is 4.79 Å². The van der Waals surface area contributed by atoms with Crippen molar-refractivity contribution in [2.24, 2.45) is 0 Å². The zero-order valence-corrected chi connectivity index (χ0v) is 6.64. The Hall–Kier alpha value is -1.43. The first kappa shape index (κ1) is 8.66. The lowest BCUT2D eigenvalue weighted by atomic mass is 10.8. The van der Waals surface area contributed by atoms with Crippen LogP contribution in [0.1, 0.15) is 0 Å². The first-order valence-electron chi connectivity index (χ1n) is 3.37. The van der Waals surface area contributed by atoms with Gasteiger partial charge in [-0.3, -0.25) is 0 Å². The van der Waals surface area contributed by atoms with Gasteiger partial charge in [-0.05, 0) is 0 Å². The van der Waals surface area contributed by atoms with Crippen molar-refractivity contribution in [3.8, 4) is 0 Å². The number of rotatable bonds is 3. The van der Waals surface area contributed by atoms with Crippen LogP contribution in [0.3, 0.4) is 0 Å². The van der Waals surface area contributed by atoms with E-state index < -0.39 is 6.09 Å². The molecule has 0 fully saturated rings. The quantitative estimate of drug-likeness (QED) is 0.594. The van der Waals surface area contributed by atoms with Crippen LogP contribution in [0.2, 0.25) is 0 Å². The fourth-order valence-corrected chi connectivity index (χ4v) is 0.584. The molecule has 0 atom stereocenters. The molecule has 12 heavy (non-hydrogen) atoms. The third-order valence-corrected chi connectivity index (χ3v) is 1.12. The van der Waals surface area contributed by atoms with E-state index in [-0.39, 0.29) is 6.61 Å². The summed E-state index contributed by atoms with van der Waals surface area (Å²) in [6.07, 6.45) is 2.26. The molecule has 1 rings (SSSR count). The standard InChI is InChI=1S/C6H9N3O3/c1-11-4-5-12-6(10)9-3-2-7-8-9/h2-3H,4-5H2,1H3. The predicted octanol–water partition coefficient (Wildman–Crippen LogP) is -0.0908. The molecule has 0 bridgehead atoms. The fraction of sp³-hybridized carbons (Fsp3) is 0.500. The van der Waals surface area contributed by atoms with Crippen LogP contribution in [0.15, 0.2) is 12.4 Å². The number of nitrogens with zero attached hydrogens (tertiary/aromatic N) is 3. The maximum Gasteiger partial charge on any atom is 0.436 e. The lowest BCUT2D eigenvalue weighted by molar-refractivity contribution is 0.0972.